The third kappa shape index (κ3) is 8.27. The number of halogens is 2. The van der Waals surface area contributed by atoms with Crippen LogP contribution in [-0.4, -0.2) is 45.3 Å². The molecule has 0 spiro atoms. The van der Waals surface area contributed by atoms with Crippen molar-refractivity contribution in [3.05, 3.63) is 30.3 Å². The molecule has 2 rings (SSSR count). The summed E-state index contributed by atoms with van der Waals surface area (Å²) in [5.74, 6) is 0.237. The number of hydrogen-bond donors (Lipinski definition) is 2. The average molecular weight is 392 g/mol. The number of para-hydroxylation sites is 1. The lowest BCUT2D eigenvalue weighted by Crippen LogP contribution is -2.47. The largest absolute Gasteiger partial charge is 0.381 e. The molecule has 1 saturated heterocycles. The number of rotatable bonds is 8. The van der Waals surface area contributed by atoms with Crippen LogP contribution in [-0.2, 0) is 9.53 Å². The van der Waals surface area contributed by atoms with Crippen LogP contribution in [0.25, 0.3) is 0 Å². The molecule has 1 aromatic carbocycles. The Morgan fingerprint density at radius 3 is 2.52 bits per heavy atom. The Balaban J connectivity index is 0.00000288. The Kier molecular flexibility index (Phi) is 12.7. The SMILES string of the molecule is CN(CCCCNC(=O)C(N)C1CCOCC1)c1ccccc1.Cl.Cl. The van der Waals surface area contributed by atoms with Gasteiger partial charge in [-0.15, -0.1) is 24.8 Å². The first-order chi connectivity index (χ1) is 11.2. The first-order valence-corrected chi connectivity index (χ1v) is 8.55. The molecule has 0 saturated carbocycles. The fraction of sp³-hybridized carbons (Fsp3) is 0.611. The number of ether oxygens (including phenoxy) is 1. The maximum atomic E-state index is 12.1. The van der Waals surface area contributed by atoms with Crippen molar-refractivity contribution >= 4 is 36.4 Å². The molecule has 1 heterocycles. The first kappa shape index (κ1) is 24.0. The highest BCUT2D eigenvalue weighted by Crippen LogP contribution is 2.17. The van der Waals surface area contributed by atoms with Crippen LogP contribution in [0.1, 0.15) is 25.7 Å². The molecule has 0 radical (unpaired) electrons. The number of anilines is 1. The van der Waals surface area contributed by atoms with E-state index in [1.54, 1.807) is 0 Å². The summed E-state index contributed by atoms with van der Waals surface area (Å²) in [6.07, 6.45) is 3.77. The molecule has 7 heteroatoms. The van der Waals surface area contributed by atoms with Gasteiger partial charge in [-0.1, -0.05) is 18.2 Å². The molecule has 1 aliphatic rings. The monoisotopic (exact) mass is 391 g/mol. The third-order valence-corrected chi connectivity index (χ3v) is 4.49. The highest BCUT2D eigenvalue weighted by Gasteiger charge is 2.26. The van der Waals surface area contributed by atoms with Crippen molar-refractivity contribution in [2.75, 3.05) is 38.3 Å². The number of carbonyl (C=O) groups is 1. The number of amides is 1. The number of nitrogens with one attached hydrogen (secondary N) is 1. The summed E-state index contributed by atoms with van der Waals surface area (Å²) < 4.78 is 5.31. The van der Waals surface area contributed by atoms with Crippen LogP contribution in [0.5, 0.6) is 0 Å². The van der Waals surface area contributed by atoms with Gasteiger partial charge in [0.15, 0.2) is 0 Å². The zero-order valence-corrected chi connectivity index (χ0v) is 16.5. The fourth-order valence-corrected chi connectivity index (χ4v) is 2.90. The molecule has 0 aromatic heterocycles. The molecule has 3 N–H and O–H groups in total. The van der Waals surface area contributed by atoms with Crippen LogP contribution in [0, 0.1) is 5.92 Å². The van der Waals surface area contributed by atoms with Crippen LogP contribution in [0.15, 0.2) is 30.3 Å². The second-order valence-electron chi connectivity index (χ2n) is 6.23. The number of nitrogens with two attached hydrogens (primary N) is 1. The predicted octanol–water partition coefficient (Wildman–Crippen LogP) is 2.62. The van der Waals surface area contributed by atoms with Crippen LogP contribution in [0.4, 0.5) is 5.69 Å². The van der Waals surface area contributed by atoms with E-state index in [4.69, 9.17) is 10.5 Å². The maximum Gasteiger partial charge on any atom is 0.237 e. The predicted molar refractivity (Wildman–Crippen MR) is 108 cm³/mol. The van der Waals surface area contributed by atoms with Gasteiger partial charge in [-0.2, -0.15) is 0 Å². The van der Waals surface area contributed by atoms with E-state index in [0.717, 1.165) is 45.4 Å². The Bertz CT molecular complexity index is 471. The Morgan fingerprint density at radius 2 is 1.88 bits per heavy atom. The summed E-state index contributed by atoms with van der Waals surface area (Å²) >= 11 is 0. The Hall–Kier alpha value is -1.01. The van der Waals surface area contributed by atoms with Crippen molar-refractivity contribution in [3.8, 4) is 0 Å². The van der Waals surface area contributed by atoms with E-state index >= 15 is 0 Å². The molecule has 5 nitrogen and oxygen atoms in total. The molecule has 0 bridgehead atoms. The number of carbonyl (C=O) groups excluding carboxylic acids is 1. The van der Waals surface area contributed by atoms with Gasteiger partial charge in [0.2, 0.25) is 5.91 Å². The Morgan fingerprint density at radius 1 is 1.24 bits per heavy atom. The van der Waals surface area contributed by atoms with E-state index in [1.165, 1.54) is 5.69 Å². The van der Waals surface area contributed by atoms with Gasteiger partial charge in [0.1, 0.15) is 0 Å². The lowest BCUT2D eigenvalue weighted by atomic mass is 9.92. The number of hydrogen-bond acceptors (Lipinski definition) is 4. The fourth-order valence-electron chi connectivity index (χ4n) is 2.90. The zero-order valence-electron chi connectivity index (χ0n) is 14.9. The van der Waals surface area contributed by atoms with Crippen molar-refractivity contribution in [3.63, 3.8) is 0 Å². The molecule has 1 unspecified atom stereocenters. The standard InChI is InChI=1S/C18H29N3O2.2ClH/c1-21(16-7-3-2-4-8-16)12-6-5-11-20-18(22)17(19)15-9-13-23-14-10-15;;/h2-4,7-8,15,17H,5-6,9-14,19H2,1H3,(H,20,22);2*1H. The normalized spacial score (nSPS) is 15.4. The first-order valence-electron chi connectivity index (χ1n) is 8.55. The van der Waals surface area contributed by atoms with Crippen molar-refractivity contribution in [1.82, 2.24) is 5.32 Å². The van der Waals surface area contributed by atoms with Crippen molar-refractivity contribution in [2.24, 2.45) is 11.7 Å². The van der Waals surface area contributed by atoms with E-state index in [9.17, 15) is 4.79 Å². The summed E-state index contributed by atoms with van der Waals surface area (Å²) in [4.78, 5) is 14.3. The quantitative estimate of drug-likeness (QED) is 0.668. The molecular formula is C18H31Cl2N3O2. The van der Waals surface area contributed by atoms with Crippen molar-refractivity contribution in [2.45, 2.75) is 31.7 Å². The molecule has 0 aliphatic carbocycles. The van der Waals surface area contributed by atoms with Gasteiger partial charge in [0, 0.05) is 39.0 Å². The minimum Gasteiger partial charge on any atom is -0.381 e. The van der Waals surface area contributed by atoms with Gasteiger partial charge >= 0.3 is 0 Å². The molecule has 1 aromatic rings. The molecule has 1 fully saturated rings. The van der Waals surface area contributed by atoms with E-state index in [-0.39, 0.29) is 36.6 Å². The van der Waals surface area contributed by atoms with E-state index in [2.05, 4.69) is 29.4 Å². The molecule has 1 aliphatic heterocycles. The molecule has 25 heavy (non-hydrogen) atoms. The van der Waals surface area contributed by atoms with Gasteiger partial charge < -0.3 is 20.7 Å². The smallest absolute Gasteiger partial charge is 0.237 e. The Labute approximate surface area is 163 Å². The van der Waals surface area contributed by atoms with Crippen LogP contribution < -0.4 is 16.0 Å². The molecular weight excluding hydrogens is 361 g/mol. The topological polar surface area (TPSA) is 67.6 Å². The minimum absolute atomic E-state index is 0. The van der Waals surface area contributed by atoms with E-state index in [0.29, 0.717) is 6.54 Å². The summed E-state index contributed by atoms with van der Waals surface area (Å²) in [6, 6.07) is 9.93. The minimum atomic E-state index is -0.397. The lowest BCUT2D eigenvalue weighted by molar-refractivity contribution is -0.124. The third-order valence-electron chi connectivity index (χ3n) is 4.49. The lowest BCUT2D eigenvalue weighted by Gasteiger charge is -2.26. The zero-order chi connectivity index (χ0) is 16.5. The van der Waals surface area contributed by atoms with Crippen molar-refractivity contribution < 1.29 is 9.53 Å². The summed E-state index contributed by atoms with van der Waals surface area (Å²) in [5.41, 5.74) is 7.28. The van der Waals surface area contributed by atoms with Gasteiger partial charge in [0.25, 0.3) is 0 Å². The number of nitrogens with zero attached hydrogens (tertiary/aromatic N) is 1. The second-order valence-corrected chi connectivity index (χ2v) is 6.23. The molecule has 1 atom stereocenters. The van der Waals surface area contributed by atoms with Gasteiger partial charge in [-0.25, -0.2) is 0 Å². The van der Waals surface area contributed by atoms with E-state index < -0.39 is 6.04 Å². The highest BCUT2D eigenvalue weighted by molar-refractivity contribution is 5.85. The number of unbranched alkanes of at least 4 members (excludes halogenated alkanes) is 1. The molecule has 1 amide bonds. The van der Waals surface area contributed by atoms with Crippen LogP contribution in [0.2, 0.25) is 0 Å². The average Bonchev–Trinajstić information content (AvgIpc) is 2.62. The second kappa shape index (κ2) is 13.2. The number of benzene rings is 1. The van der Waals surface area contributed by atoms with Crippen LogP contribution in [0.3, 0.4) is 0 Å². The van der Waals surface area contributed by atoms with Gasteiger partial charge in [-0.05, 0) is 43.7 Å². The van der Waals surface area contributed by atoms with Gasteiger partial charge in [-0.3, -0.25) is 4.79 Å². The van der Waals surface area contributed by atoms with Gasteiger partial charge in [0.05, 0.1) is 6.04 Å². The summed E-state index contributed by atoms with van der Waals surface area (Å²) in [7, 11) is 2.09. The maximum absolute atomic E-state index is 12.1. The summed E-state index contributed by atoms with van der Waals surface area (Å²) in [5, 5.41) is 2.97. The highest BCUT2D eigenvalue weighted by atomic mass is 35.5. The summed E-state index contributed by atoms with van der Waals surface area (Å²) in [6.45, 7) is 3.11. The van der Waals surface area contributed by atoms with Crippen LogP contribution >= 0.6 is 24.8 Å². The van der Waals surface area contributed by atoms with Crippen molar-refractivity contribution in [1.29, 1.82) is 0 Å². The molecule has 144 valence electrons. The van der Waals surface area contributed by atoms with E-state index in [1.807, 2.05) is 18.2 Å².